The van der Waals surface area contributed by atoms with E-state index in [1.54, 1.807) is 0 Å². The molecular weight excluding hydrogens is 324 g/mol. The lowest BCUT2D eigenvalue weighted by Gasteiger charge is -2.60. The van der Waals surface area contributed by atoms with Gasteiger partial charge in [-0.25, -0.2) is 0 Å². The first-order valence-electron chi connectivity index (χ1n) is 11.3. The normalized spacial score (nSPS) is 49.0. The van der Waals surface area contributed by atoms with E-state index in [4.69, 9.17) is 5.11 Å². The van der Waals surface area contributed by atoms with Gasteiger partial charge in [-0.05, 0) is 98.7 Å². The zero-order valence-corrected chi connectivity index (χ0v) is 16.8. The van der Waals surface area contributed by atoms with E-state index in [9.17, 15) is 9.90 Å². The third-order valence-corrected chi connectivity index (χ3v) is 9.61. The molecular formula is C23H38O3. The van der Waals surface area contributed by atoms with Crippen molar-refractivity contribution in [2.24, 2.45) is 40.9 Å². The van der Waals surface area contributed by atoms with Crippen LogP contribution in [-0.2, 0) is 4.79 Å². The summed E-state index contributed by atoms with van der Waals surface area (Å²) in [5.41, 5.74) is 0.00641. The van der Waals surface area contributed by atoms with Crippen LogP contribution in [0.3, 0.4) is 0 Å². The molecule has 0 aliphatic heterocycles. The minimum atomic E-state index is -0.703. The topological polar surface area (TPSA) is 57.5 Å². The SMILES string of the molecule is C[C@H](CCC(=O)O)C1CCC2C3CCC4CCCCC4(C)C3CCC21O. The minimum Gasteiger partial charge on any atom is -0.481 e. The monoisotopic (exact) mass is 362 g/mol. The Labute approximate surface area is 158 Å². The number of hydrogen-bond donors (Lipinski definition) is 2. The van der Waals surface area contributed by atoms with Gasteiger partial charge in [0.15, 0.2) is 0 Å². The second kappa shape index (κ2) is 6.79. The molecule has 0 aromatic rings. The first-order chi connectivity index (χ1) is 12.4. The molecule has 0 aromatic heterocycles. The maximum atomic E-state index is 11.8. The van der Waals surface area contributed by atoms with E-state index in [0.29, 0.717) is 35.5 Å². The molecule has 4 saturated carbocycles. The molecule has 26 heavy (non-hydrogen) atoms. The second-order valence-electron chi connectivity index (χ2n) is 10.5. The Balaban J connectivity index is 1.52. The van der Waals surface area contributed by atoms with Crippen molar-refractivity contribution >= 4 is 5.97 Å². The number of carboxylic acid groups (broad SMARTS) is 1. The lowest BCUT2D eigenvalue weighted by atomic mass is 9.46. The molecule has 0 bridgehead atoms. The van der Waals surface area contributed by atoms with Crippen molar-refractivity contribution in [3.05, 3.63) is 0 Å². The van der Waals surface area contributed by atoms with Crippen molar-refractivity contribution in [3.63, 3.8) is 0 Å². The van der Waals surface area contributed by atoms with Gasteiger partial charge in [0.2, 0.25) is 0 Å². The predicted molar refractivity (Wildman–Crippen MR) is 103 cm³/mol. The van der Waals surface area contributed by atoms with Gasteiger partial charge >= 0.3 is 5.97 Å². The number of fused-ring (bicyclic) bond motifs is 5. The molecule has 2 N–H and O–H groups in total. The lowest BCUT2D eigenvalue weighted by Crippen LogP contribution is -2.56. The Morgan fingerprint density at radius 2 is 1.85 bits per heavy atom. The highest BCUT2D eigenvalue weighted by Crippen LogP contribution is 2.65. The van der Waals surface area contributed by atoms with E-state index in [-0.39, 0.29) is 6.42 Å². The van der Waals surface area contributed by atoms with E-state index in [1.807, 2.05) is 0 Å². The van der Waals surface area contributed by atoms with Gasteiger partial charge in [-0.3, -0.25) is 4.79 Å². The van der Waals surface area contributed by atoms with Crippen LogP contribution in [0.25, 0.3) is 0 Å². The molecule has 0 radical (unpaired) electrons. The predicted octanol–water partition coefficient (Wildman–Crippen LogP) is 5.26. The van der Waals surface area contributed by atoms with Gasteiger partial charge in [0.05, 0.1) is 5.60 Å². The van der Waals surface area contributed by atoms with E-state index < -0.39 is 11.6 Å². The number of aliphatic carboxylic acids is 1. The summed E-state index contributed by atoms with van der Waals surface area (Å²) in [5.74, 6) is 2.85. The number of carbonyl (C=O) groups is 1. The van der Waals surface area contributed by atoms with Crippen molar-refractivity contribution < 1.29 is 15.0 Å². The number of hydrogen-bond acceptors (Lipinski definition) is 2. The average molecular weight is 363 g/mol. The van der Waals surface area contributed by atoms with Crippen LogP contribution < -0.4 is 0 Å². The third-order valence-electron chi connectivity index (χ3n) is 9.61. The van der Waals surface area contributed by atoms with Crippen molar-refractivity contribution in [1.29, 1.82) is 0 Å². The fraction of sp³-hybridized carbons (Fsp3) is 0.957. The first kappa shape index (κ1) is 18.8. The molecule has 0 heterocycles. The molecule has 3 nitrogen and oxygen atoms in total. The Kier molecular flexibility index (Phi) is 4.91. The van der Waals surface area contributed by atoms with Crippen molar-refractivity contribution in [3.8, 4) is 0 Å². The van der Waals surface area contributed by atoms with Crippen LogP contribution in [0.4, 0.5) is 0 Å². The van der Waals surface area contributed by atoms with Crippen LogP contribution in [0, 0.1) is 40.9 Å². The lowest BCUT2D eigenvalue weighted by molar-refractivity contribution is -0.161. The molecule has 0 aromatic carbocycles. The Bertz CT molecular complexity index is 546. The summed E-state index contributed by atoms with van der Waals surface area (Å²) in [5, 5.41) is 20.8. The fourth-order valence-corrected chi connectivity index (χ4v) is 8.31. The third kappa shape index (κ3) is 2.84. The summed E-state index contributed by atoms with van der Waals surface area (Å²) in [7, 11) is 0. The van der Waals surface area contributed by atoms with E-state index in [0.717, 1.165) is 24.7 Å². The Hall–Kier alpha value is -0.570. The first-order valence-corrected chi connectivity index (χ1v) is 11.3. The summed E-state index contributed by atoms with van der Waals surface area (Å²) >= 11 is 0. The standard InChI is InChI=1S/C23H38O3/c1-15(6-11-21(24)25)18-9-10-20-17-8-7-16-5-3-4-13-22(16,2)19(17)12-14-23(18,20)26/h15-20,26H,3-14H2,1-2H3,(H,24,25)/t15-,16?,17?,18?,19?,20?,22?,23?/m1/s1. The fourth-order valence-electron chi connectivity index (χ4n) is 8.31. The maximum Gasteiger partial charge on any atom is 0.303 e. The summed E-state index contributed by atoms with van der Waals surface area (Å²) in [6.45, 7) is 4.76. The molecule has 4 aliphatic carbocycles. The summed E-state index contributed by atoms with van der Waals surface area (Å²) in [6, 6.07) is 0. The highest BCUT2D eigenvalue weighted by atomic mass is 16.4. The van der Waals surface area contributed by atoms with Gasteiger partial charge in [0, 0.05) is 6.42 Å². The molecule has 0 amide bonds. The summed E-state index contributed by atoms with van der Waals surface area (Å²) in [4.78, 5) is 11.0. The van der Waals surface area contributed by atoms with Crippen molar-refractivity contribution in [2.75, 3.05) is 0 Å². The zero-order valence-electron chi connectivity index (χ0n) is 16.8. The van der Waals surface area contributed by atoms with Gasteiger partial charge in [-0.15, -0.1) is 0 Å². The van der Waals surface area contributed by atoms with Crippen LogP contribution in [0.5, 0.6) is 0 Å². The second-order valence-corrected chi connectivity index (χ2v) is 10.5. The molecule has 4 rings (SSSR count). The highest BCUT2D eigenvalue weighted by molar-refractivity contribution is 5.66. The van der Waals surface area contributed by atoms with Crippen LogP contribution in [-0.4, -0.2) is 21.8 Å². The molecule has 4 aliphatic rings. The van der Waals surface area contributed by atoms with Crippen LogP contribution >= 0.6 is 0 Å². The zero-order chi connectivity index (χ0) is 18.5. The molecule has 3 heteroatoms. The minimum absolute atomic E-state index is 0.240. The summed E-state index contributed by atoms with van der Waals surface area (Å²) < 4.78 is 0. The van der Waals surface area contributed by atoms with Gasteiger partial charge in [-0.2, -0.15) is 0 Å². The quantitative estimate of drug-likeness (QED) is 0.717. The number of rotatable bonds is 4. The molecule has 148 valence electrons. The van der Waals surface area contributed by atoms with Crippen LogP contribution in [0.2, 0.25) is 0 Å². The molecule has 8 atom stereocenters. The Morgan fingerprint density at radius 3 is 2.62 bits per heavy atom. The largest absolute Gasteiger partial charge is 0.481 e. The van der Waals surface area contributed by atoms with Gasteiger partial charge in [0.1, 0.15) is 0 Å². The maximum absolute atomic E-state index is 11.8. The average Bonchev–Trinajstić information content (AvgIpc) is 2.96. The molecule has 0 saturated heterocycles. The van der Waals surface area contributed by atoms with Crippen LogP contribution in [0.15, 0.2) is 0 Å². The number of aliphatic hydroxyl groups is 1. The van der Waals surface area contributed by atoms with Gasteiger partial charge in [0.25, 0.3) is 0 Å². The Morgan fingerprint density at radius 1 is 1.04 bits per heavy atom. The van der Waals surface area contributed by atoms with Gasteiger partial charge < -0.3 is 10.2 Å². The molecule has 4 fully saturated rings. The van der Waals surface area contributed by atoms with E-state index >= 15 is 0 Å². The van der Waals surface area contributed by atoms with Gasteiger partial charge in [-0.1, -0.05) is 26.7 Å². The van der Waals surface area contributed by atoms with Crippen molar-refractivity contribution in [1.82, 2.24) is 0 Å². The van der Waals surface area contributed by atoms with E-state index in [2.05, 4.69) is 13.8 Å². The smallest absolute Gasteiger partial charge is 0.303 e. The number of carboxylic acids is 1. The molecule has 0 spiro atoms. The summed E-state index contributed by atoms with van der Waals surface area (Å²) in [6.07, 6.45) is 13.8. The highest BCUT2D eigenvalue weighted by Gasteiger charge is 2.61. The van der Waals surface area contributed by atoms with Crippen molar-refractivity contribution in [2.45, 2.75) is 96.5 Å². The van der Waals surface area contributed by atoms with Crippen LogP contribution in [0.1, 0.15) is 90.9 Å². The molecule has 7 unspecified atom stereocenters. The van der Waals surface area contributed by atoms with E-state index in [1.165, 1.54) is 51.4 Å².